The van der Waals surface area contributed by atoms with Gasteiger partial charge in [0.2, 0.25) is 5.91 Å². The fraction of sp³-hybridized carbons (Fsp3) is 0.389. The lowest BCUT2D eigenvalue weighted by Gasteiger charge is -2.31. The van der Waals surface area contributed by atoms with Gasteiger partial charge in [-0.05, 0) is 65.5 Å². The van der Waals surface area contributed by atoms with Gasteiger partial charge in [0.05, 0.1) is 15.7 Å². The Balaban J connectivity index is 1.68. The van der Waals surface area contributed by atoms with E-state index in [0.717, 1.165) is 27.3 Å². The van der Waals surface area contributed by atoms with Gasteiger partial charge in [0.25, 0.3) is 10.0 Å². The third kappa shape index (κ3) is 4.61. The fourth-order valence-corrected chi connectivity index (χ4v) is 6.82. The number of carbonyl (C=O) groups is 1. The normalized spacial score (nSPS) is 19.4. The molecular weight excluding hydrogens is 474 g/mol. The van der Waals surface area contributed by atoms with Crippen LogP contribution in [0.5, 0.6) is 0 Å². The summed E-state index contributed by atoms with van der Waals surface area (Å²) in [6, 6.07) is 6.17. The van der Waals surface area contributed by atoms with Crippen molar-refractivity contribution in [3.05, 3.63) is 51.3 Å². The summed E-state index contributed by atoms with van der Waals surface area (Å²) in [6.07, 6.45) is 1.14. The van der Waals surface area contributed by atoms with Crippen LogP contribution in [-0.2, 0) is 14.8 Å². The third-order valence-corrected chi connectivity index (χ3v) is 8.66. The first-order valence-electron chi connectivity index (χ1n) is 8.69. The average Bonchev–Trinajstić information content (AvgIpc) is 3.11. The highest BCUT2D eigenvalue weighted by Gasteiger charge is 2.34. The van der Waals surface area contributed by atoms with Crippen LogP contribution in [0, 0.1) is 17.6 Å². The summed E-state index contributed by atoms with van der Waals surface area (Å²) in [7, 11) is -3.65. The molecule has 3 rings (SSSR count). The number of hydrogen-bond acceptors (Lipinski definition) is 4. The van der Waals surface area contributed by atoms with Gasteiger partial charge >= 0.3 is 0 Å². The van der Waals surface area contributed by atoms with Crippen molar-refractivity contribution in [3.8, 4) is 0 Å². The number of nitrogens with zero attached hydrogens (tertiary/aromatic N) is 1. The Bertz CT molecular complexity index is 981. The van der Waals surface area contributed by atoms with E-state index in [4.69, 9.17) is 0 Å². The predicted octanol–water partition coefficient (Wildman–Crippen LogP) is 4.07. The summed E-state index contributed by atoms with van der Waals surface area (Å²) in [6.45, 7) is 2.12. The summed E-state index contributed by atoms with van der Waals surface area (Å²) in [5, 5.41) is 2.77. The zero-order valence-electron chi connectivity index (χ0n) is 15.0. The number of piperidine rings is 1. The second-order valence-electron chi connectivity index (χ2n) is 6.66. The van der Waals surface area contributed by atoms with Gasteiger partial charge in [-0.1, -0.05) is 6.07 Å². The van der Waals surface area contributed by atoms with Gasteiger partial charge in [0.15, 0.2) is 11.6 Å². The molecule has 28 heavy (non-hydrogen) atoms. The highest BCUT2D eigenvalue weighted by molar-refractivity contribution is 9.11. The fourth-order valence-electron chi connectivity index (χ4n) is 3.13. The van der Waals surface area contributed by atoms with Crippen LogP contribution in [0.1, 0.15) is 31.4 Å². The van der Waals surface area contributed by atoms with Crippen LogP contribution in [0.25, 0.3) is 0 Å². The standard InChI is InChI=1S/C18H19BrF2N2O3S2/c1-11(12-4-5-14(20)15(21)9-12)22-18(24)13-3-2-8-23(10-13)28(25,26)17-7-6-16(19)27-17/h4-7,9,11,13H,2-3,8,10H2,1H3,(H,22,24). The molecule has 5 nitrogen and oxygen atoms in total. The maximum atomic E-state index is 13.4. The lowest BCUT2D eigenvalue weighted by Crippen LogP contribution is -2.45. The van der Waals surface area contributed by atoms with Crippen LogP contribution in [0.2, 0.25) is 0 Å². The molecule has 0 bridgehead atoms. The Morgan fingerprint density at radius 1 is 1.29 bits per heavy atom. The van der Waals surface area contributed by atoms with E-state index >= 15 is 0 Å². The molecule has 152 valence electrons. The Morgan fingerprint density at radius 3 is 2.68 bits per heavy atom. The van der Waals surface area contributed by atoms with Gasteiger partial charge < -0.3 is 5.32 Å². The van der Waals surface area contributed by atoms with Gasteiger partial charge in [0.1, 0.15) is 4.21 Å². The number of nitrogens with one attached hydrogen (secondary N) is 1. The van der Waals surface area contributed by atoms with Crippen molar-refractivity contribution in [2.75, 3.05) is 13.1 Å². The zero-order valence-corrected chi connectivity index (χ0v) is 18.2. The van der Waals surface area contributed by atoms with Crippen molar-refractivity contribution >= 4 is 43.2 Å². The van der Waals surface area contributed by atoms with Crippen LogP contribution in [0.15, 0.2) is 38.3 Å². The number of thiophene rings is 1. The molecule has 1 aromatic heterocycles. The van der Waals surface area contributed by atoms with Gasteiger partial charge in [-0.15, -0.1) is 11.3 Å². The summed E-state index contributed by atoms with van der Waals surface area (Å²) >= 11 is 4.39. The first kappa shape index (κ1) is 21.4. The van der Waals surface area contributed by atoms with Gasteiger partial charge in [-0.3, -0.25) is 4.79 Å². The zero-order chi connectivity index (χ0) is 20.5. The lowest BCUT2D eigenvalue weighted by molar-refractivity contribution is -0.126. The van der Waals surface area contributed by atoms with Crippen molar-refractivity contribution in [1.82, 2.24) is 9.62 Å². The largest absolute Gasteiger partial charge is 0.349 e. The maximum Gasteiger partial charge on any atom is 0.252 e. The minimum absolute atomic E-state index is 0.0915. The van der Waals surface area contributed by atoms with Gasteiger partial charge in [-0.25, -0.2) is 17.2 Å². The molecule has 0 aliphatic carbocycles. The summed E-state index contributed by atoms with van der Waals surface area (Å²) < 4.78 is 54.4. The molecular formula is C18H19BrF2N2O3S2. The lowest BCUT2D eigenvalue weighted by atomic mass is 9.98. The van der Waals surface area contributed by atoms with Crippen molar-refractivity contribution in [2.24, 2.45) is 5.92 Å². The van der Waals surface area contributed by atoms with Crippen molar-refractivity contribution < 1.29 is 22.0 Å². The number of carbonyl (C=O) groups excluding carboxylic acids is 1. The number of halogens is 3. The molecule has 2 heterocycles. The van der Waals surface area contributed by atoms with Crippen LogP contribution in [-0.4, -0.2) is 31.7 Å². The van der Waals surface area contributed by atoms with E-state index in [2.05, 4.69) is 21.2 Å². The molecule has 0 saturated carbocycles. The highest BCUT2D eigenvalue weighted by atomic mass is 79.9. The third-order valence-electron chi connectivity index (χ3n) is 4.70. The number of rotatable bonds is 5. The van der Waals surface area contributed by atoms with E-state index in [1.165, 1.54) is 10.4 Å². The number of hydrogen-bond donors (Lipinski definition) is 1. The van der Waals surface area contributed by atoms with Crippen LogP contribution < -0.4 is 5.32 Å². The molecule has 1 amide bonds. The van der Waals surface area contributed by atoms with E-state index < -0.39 is 33.6 Å². The first-order valence-corrected chi connectivity index (χ1v) is 11.7. The number of sulfonamides is 1. The number of benzene rings is 1. The summed E-state index contributed by atoms with van der Waals surface area (Å²) in [5.74, 6) is -2.73. The monoisotopic (exact) mass is 492 g/mol. The van der Waals surface area contributed by atoms with E-state index in [-0.39, 0.29) is 16.7 Å². The van der Waals surface area contributed by atoms with Crippen molar-refractivity contribution in [1.29, 1.82) is 0 Å². The number of amides is 1. The Hall–Kier alpha value is -1.36. The summed E-state index contributed by atoms with van der Waals surface area (Å²) in [4.78, 5) is 12.6. The minimum Gasteiger partial charge on any atom is -0.349 e. The quantitative estimate of drug-likeness (QED) is 0.683. The highest BCUT2D eigenvalue weighted by Crippen LogP contribution is 2.31. The van der Waals surface area contributed by atoms with Crippen LogP contribution in [0.4, 0.5) is 8.78 Å². The first-order chi connectivity index (χ1) is 13.2. The topological polar surface area (TPSA) is 66.5 Å². The van der Waals surface area contributed by atoms with E-state index in [1.54, 1.807) is 19.1 Å². The van der Waals surface area contributed by atoms with E-state index in [1.807, 2.05) is 0 Å². The molecule has 1 aromatic carbocycles. The molecule has 1 aliphatic heterocycles. The Morgan fingerprint density at radius 2 is 2.04 bits per heavy atom. The van der Waals surface area contributed by atoms with Gasteiger partial charge in [0, 0.05) is 13.1 Å². The maximum absolute atomic E-state index is 13.4. The Labute approximate surface area is 174 Å². The second-order valence-corrected chi connectivity index (χ2v) is 11.3. The van der Waals surface area contributed by atoms with Crippen molar-refractivity contribution in [2.45, 2.75) is 30.0 Å². The van der Waals surface area contributed by atoms with Crippen molar-refractivity contribution in [3.63, 3.8) is 0 Å². The van der Waals surface area contributed by atoms with Crippen LogP contribution in [0.3, 0.4) is 0 Å². The van der Waals surface area contributed by atoms with Crippen LogP contribution >= 0.6 is 27.3 Å². The molecule has 1 N–H and O–H groups in total. The average molecular weight is 493 g/mol. The molecule has 0 spiro atoms. The predicted molar refractivity (Wildman–Crippen MR) is 106 cm³/mol. The van der Waals surface area contributed by atoms with Gasteiger partial charge in [-0.2, -0.15) is 4.31 Å². The van der Waals surface area contributed by atoms with E-state index in [9.17, 15) is 22.0 Å². The molecule has 2 unspecified atom stereocenters. The molecule has 1 saturated heterocycles. The molecule has 2 atom stereocenters. The Kier molecular flexibility index (Phi) is 6.53. The molecule has 1 aliphatic rings. The molecule has 2 aromatic rings. The van der Waals surface area contributed by atoms with E-state index in [0.29, 0.717) is 24.9 Å². The SMILES string of the molecule is CC(NC(=O)C1CCCN(S(=O)(=O)c2ccc(Br)s2)C1)c1ccc(F)c(F)c1. The minimum atomic E-state index is -3.65. The smallest absolute Gasteiger partial charge is 0.252 e. The molecule has 10 heteroatoms. The molecule has 1 fully saturated rings. The second kappa shape index (κ2) is 8.56. The molecule has 0 radical (unpaired) electrons. The summed E-state index contributed by atoms with van der Waals surface area (Å²) in [5.41, 5.74) is 0.441.